The largest absolute Gasteiger partial charge is 0.454 e. The molecule has 2 aromatic rings. The van der Waals surface area contributed by atoms with Gasteiger partial charge in [-0.05, 0) is 64.3 Å². The molecule has 0 fully saturated rings. The van der Waals surface area contributed by atoms with Crippen molar-refractivity contribution in [2.45, 2.75) is 65.6 Å². The van der Waals surface area contributed by atoms with Crippen molar-refractivity contribution in [2.24, 2.45) is 0 Å². The molecule has 202 valence electrons. The van der Waals surface area contributed by atoms with Crippen molar-refractivity contribution in [2.75, 3.05) is 23.9 Å². The number of amides is 2. The monoisotopic (exact) mass is 531 g/mol. The predicted molar refractivity (Wildman–Crippen MR) is 143 cm³/mol. The number of nitrogens with one attached hydrogen (secondary N) is 1. The number of carbonyl (C=O) groups is 2. The molecule has 0 aromatic heterocycles. The summed E-state index contributed by atoms with van der Waals surface area (Å²) in [4.78, 5) is 28.0. The Morgan fingerprint density at radius 1 is 1.08 bits per heavy atom. The summed E-state index contributed by atoms with van der Waals surface area (Å²) in [5.74, 6) is 0.568. The van der Waals surface area contributed by atoms with Gasteiger partial charge in [0.2, 0.25) is 28.6 Å². The molecule has 0 radical (unpaired) electrons. The Morgan fingerprint density at radius 3 is 2.41 bits per heavy atom. The Bertz CT molecular complexity index is 1240. The Kier molecular flexibility index (Phi) is 8.73. The fourth-order valence-electron chi connectivity index (χ4n) is 4.07. The summed E-state index contributed by atoms with van der Waals surface area (Å²) < 4.78 is 37.1. The van der Waals surface area contributed by atoms with Gasteiger partial charge in [-0.25, -0.2) is 8.42 Å². The van der Waals surface area contributed by atoms with E-state index in [1.54, 1.807) is 30.0 Å². The maximum Gasteiger partial charge on any atom is 0.242 e. The van der Waals surface area contributed by atoms with E-state index in [1.807, 2.05) is 52.0 Å². The second-order valence-corrected chi connectivity index (χ2v) is 12.2. The summed E-state index contributed by atoms with van der Waals surface area (Å²) in [7, 11) is -3.61. The second-order valence-electron chi connectivity index (χ2n) is 10.3. The van der Waals surface area contributed by atoms with Gasteiger partial charge in [0.15, 0.2) is 11.5 Å². The smallest absolute Gasteiger partial charge is 0.242 e. The van der Waals surface area contributed by atoms with Crippen LogP contribution in [0.15, 0.2) is 42.5 Å². The van der Waals surface area contributed by atoms with Gasteiger partial charge in [0.05, 0.1) is 11.9 Å². The molecule has 0 saturated carbocycles. The van der Waals surface area contributed by atoms with E-state index in [9.17, 15) is 18.0 Å². The lowest BCUT2D eigenvalue weighted by atomic mass is 10.1. The van der Waals surface area contributed by atoms with Crippen molar-refractivity contribution in [3.63, 3.8) is 0 Å². The Morgan fingerprint density at radius 2 is 1.76 bits per heavy atom. The lowest BCUT2D eigenvalue weighted by Crippen LogP contribution is -2.52. The van der Waals surface area contributed by atoms with Crippen molar-refractivity contribution in [3.8, 4) is 11.5 Å². The third-order valence-corrected chi connectivity index (χ3v) is 7.26. The van der Waals surface area contributed by atoms with Crippen molar-refractivity contribution in [3.05, 3.63) is 53.6 Å². The molecule has 0 aliphatic carbocycles. The molecule has 1 unspecified atom stereocenters. The summed E-state index contributed by atoms with van der Waals surface area (Å²) in [6.45, 7) is 9.82. The molecule has 10 heteroatoms. The first-order chi connectivity index (χ1) is 17.3. The molecule has 1 atom stereocenters. The first-order valence-corrected chi connectivity index (χ1v) is 14.1. The quantitative estimate of drug-likeness (QED) is 0.502. The lowest BCUT2D eigenvalue weighted by Gasteiger charge is -2.32. The van der Waals surface area contributed by atoms with E-state index in [1.165, 1.54) is 4.31 Å². The summed E-state index contributed by atoms with van der Waals surface area (Å²) in [6, 6.07) is 12.0. The summed E-state index contributed by atoms with van der Waals surface area (Å²) in [5, 5.41) is 2.95. The van der Waals surface area contributed by atoms with Crippen LogP contribution >= 0.6 is 0 Å². The van der Waals surface area contributed by atoms with Crippen LogP contribution < -0.4 is 19.1 Å². The number of anilines is 1. The highest BCUT2D eigenvalue weighted by Gasteiger charge is 2.29. The zero-order valence-electron chi connectivity index (χ0n) is 22.4. The summed E-state index contributed by atoms with van der Waals surface area (Å²) in [6.07, 6.45) is 1.48. The molecule has 1 heterocycles. The zero-order valence-corrected chi connectivity index (χ0v) is 23.2. The highest BCUT2D eigenvalue weighted by atomic mass is 32.2. The minimum Gasteiger partial charge on any atom is -0.454 e. The number of sulfonamides is 1. The molecule has 1 aliphatic heterocycles. The van der Waals surface area contributed by atoms with Crippen LogP contribution in [0.5, 0.6) is 11.5 Å². The SMILES string of the molecule is Cc1ccccc1CN(C(=O)CCCN(c1ccc2c(c1)OCO2)S(C)(=O)=O)C(C)C(=O)NC(C)(C)C. The van der Waals surface area contributed by atoms with Crippen molar-refractivity contribution in [1.82, 2.24) is 10.2 Å². The van der Waals surface area contributed by atoms with Crippen LogP contribution in [-0.2, 0) is 26.2 Å². The van der Waals surface area contributed by atoms with Gasteiger partial charge in [0.25, 0.3) is 0 Å². The van der Waals surface area contributed by atoms with Gasteiger partial charge in [0, 0.05) is 31.1 Å². The van der Waals surface area contributed by atoms with E-state index in [2.05, 4.69) is 5.32 Å². The van der Waals surface area contributed by atoms with Gasteiger partial charge in [-0.3, -0.25) is 13.9 Å². The third kappa shape index (κ3) is 7.61. The van der Waals surface area contributed by atoms with E-state index in [-0.39, 0.29) is 44.5 Å². The van der Waals surface area contributed by atoms with E-state index in [0.717, 1.165) is 17.4 Å². The van der Waals surface area contributed by atoms with Gasteiger partial charge in [-0.2, -0.15) is 0 Å². The summed E-state index contributed by atoms with van der Waals surface area (Å²) in [5.41, 5.74) is 1.97. The Balaban J connectivity index is 1.75. The van der Waals surface area contributed by atoms with Gasteiger partial charge in [0.1, 0.15) is 6.04 Å². The van der Waals surface area contributed by atoms with Gasteiger partial charge >= 0.3 is 0 Å². The second kappa shape index (κ2) is 11.4. The molecule has 0 bridgehead atoms. The molecule has 3 rings (SSSR count). The van der Waals surface area contributed by atoms with Crippen LogP contribution in [0, 0.1) is 6.92 Å². The minimum absolute atomic E-state index is 0.0790. The first-order valence-electron chi connectivity index (χ1n) is 12.3. The number of ether oxygens (including phenoxy) is 2. The lowest BCUT2D eigenvalue weighted by molar-refractivity contribution is -0.141. The Hall–Kier alpha value is -3.27. The number of hydrogen-bond donors (Lipinski definition) is 1. The van der Waals surface area contributed by atoms with Gasteiger partial charge in [-0.1, -0.05) is 24.3 Å². The van der Waals surface area contributed by atoms with Crippen molar-refractivity contribution in [1.29, 1.82) is 0 Å². The molecule has 0 saturated heterocycles. The molecule has 2 amide bonds. The first kappa shape index (κ1) is 28.3. The average Bonchev–Trinajstić information content (AvgIpc) is 3.26. The maximum absolute atomic E-state index is 13.4. The minimum atomic E-state index is -3.61. The van der Waals surface area contributed by atoms with E-state index < -0.39 is 21.6 Å². The van der Waals surface area contributed by atoms with Crippen LogP contribution in [0.1, 0.15) is 51.7 Å². The molecule has 2 aromatic carbocycles. The topological polar surface area (TPSA) is 105 Å². The van der Waals surface area contributed by atoms with Crippen LogP contribution in [0.2, 0.25) is 0 Å². The van der Waals surface area contributed by atoms with E-state index in [0.29, 0.717) is 17.2 Å². The third-order valence-electron chi connectivity index (χ3n) is 6.06. The average molecular weight is 532 g/mol. The van der Waals surface area contributed by atoms with Crippen LogP contribution in [0.25, 0.3) is 0 Å². The number of aryl methyl sites for hydroxylation is 1. The predicted octanol–water partition coefficient (Wildman–Crippen LogP) is 3.60. The molecule has 1 aliphatic rings. The number of nitrogens with zero attached hydrogens (tertiary/aromatic N) is 2. The molecule has 1 N–H and O–H groups in total. The number of carbonyl (C=O) groups excluding carboxylic acids is 2. The molecule has 9 nitrogen and oxygen atoms in total. The van der Waals surface area contributed by atoms with Gasteiger partial charge in [-0.15, -0.1) is 0 Å². The van der Waals surface area contributed by atoms with Crippen LogP contribution in [0.4, 0.5) is 5.69 Å². The van der Waals surface area contributed by atoms with Crippen molar-refractivity contribution >= 4 is 27.5 Å². The van der Waals surface area contributed by atoms with E-state index in [4.69, 9.17) is 9.47 Å². The molecular weight excluding hydrogens is 494 g/mol. The highest BCUT2D eigenvalue weighted by molar-refractivity contribution is 7.92. The highest BCUT2D eigenvalue weighted by Crippen LogP contribution is 2.36. The van der Waals surface area contributed by atoms with E-state index >= 15 is 0 Å². The summed E-state index contributed by atoms with van der Waals surface area (Å²) >= 11 is 0. The maximum atomic E-state index is 13.4. The fraction of sp³-hybridized carbons (Fsp3) is 0.481. The van der Waals surface area contributed by atoms with Crippen molar-refractivity contribution < 1.29 is 27.5 Å². The molecular formula is C27H37N3O6S. The normalized spacial score (nSPS) is 13.7. The van der Waals surface area contributed by atoms with Gasteiger partial charge < -0.3 is 19.7 Å². The number of fused-ring (bicyclic) bond motifs is 1. The van der Waals surface area contributed by atoms with Crippen LogP contribution in [0.3, 0.4) is 0 Å². The van der Waals surface area contributed by atoms with Crippen LogP contribution in [-0.4, -0.2) is 56.3 Å². The Labute approximate surface area is 219 Å². The molecule has 37 heavy (non-hydrogen) atoms. The number of benzene rings is 2. The standard InChI is InChI=1S/C27H37N3O6S/c1-19-10-7-8-11-21(19)17-29(20(2)26(32)28-27(3,4)5)25(31)12-9-15-30(37(6,33)34)22-13-14-23-24(16-22)36-18-35-23/h7-8,10-11,13-14,16,20H,9,12,15,17-18H2,1-6H3,(H,28,32). The number of hydrogen-bond acceptors (Lipinski definition) is 6. The zero-order chi connectivity index (χ0) is 27.4. The molecule has 0 spiro atoms. The number of rotatable bonds is 10. The fourth-order valence-corrected chi connectivity index (χ4v) is 5.03.